The SMILES string of the molecule is CCCCCCCCCCCCCCCCCCOP(=O)(O)OC[C@H]1O[C@@H](n2ccc(N=CN(CCC)CCC)nc2=O)[C@@H](O)[C@@H]1O. The van der Waals surface area contributed by atoms with Gasteiger partial charge in [0.2, 0.25) is 0 Å². The van der Waals surface area contributed by atoms with Crippen LogP contribution in [0.1, 0.15) is 143 Å². The van der Waals surface area contributed by atoms with E-state index in [0.717, 1.165) is 49.8 Å². The molecule has 0 aliphatic carbocycles. The molecule has 13 heteroatoms. The van der Waals surface area contributed by atoms with Gasteiger partial charge in [-0.3, -0.25) is 13.6 Å². The van der Waals surface area contributed by atoms with E-state index in [-0.39, 0.29) is 12.4 Å². The fourth-order valence-electron chi connectivity index (χ4n) is 5.74. The zero-order valence-corrected chi connectivity index (χ0v) is 30.1. The molecule has 0 aromatic carbocycles. The second-order valence-corrected chi connectivity index (χ2v) is 14.2. The van der Waals surface area contributed by atoms with Crippen LogP contribution in [0.2, 0.25) is 0 Å². The highest BCUT2D eigenvalue weighted by molar-refractivity contribution is 7.47. The van der Waals surface area contributed by atoms with Gasteiger partial charge in [-0.25, -0.2) is 14.4 Å². The summed E-state index contributed by atoms with van der Waals surface area (Å²) >= 11 is 0. The average Bonchev–Trinajstić information content (AvgIpc) is 3.33. The molecule has 2 heterocycles. The number of unbranched alkanes of at least 4 members (excludes halogenated alkanes) is 15. The van der Waals surface area contributed by atoms with Gasteiger partial charge in [-0.2, -0.15) is 4.98 Å². The first-order chi connectivity index (χ1) is 22.7. The van der Waals surface area contributed by atoms with E-state index in [1.54, 1.807) is 6.34 Å². The molecule has 0 spiro atoms. The van der Waals surface area contributed by atoms with Crippen molar-refractivity contribution in [2.45, 2.75) is 161 Å². The molecule has 12 nitrogen and oxygen atoms in total. The molecule has 0 radical (unpaired) electrons. The van der Waals surface area contributed by atoms with Crippen LogP contribution in [-0.4, -0.2) is 80.5 Å². The van der Waals surface area contributed by atoms with Crippen LogP contribution in [0.4, 0.5) is 5.82 Å². The van der Waals surface area contributed by atoms with Crippen molar-refractivity contribution in [2.24, 2.45) is 4.99 Å². The summed E-state index contributed by atoms with van der Waals surface area (Å²) in [6.45, 7) is 7.65. The molecule has 272 valence electrons. The Morgan fingerprint density at radius 3 is 1.89 bits per heavy atom. The molecule has 1 aromatic heterocycles. The number of nitrogens with zero attached hydrogens (tertiary/aromatic N) is 4. The van der Waals surface area contributed by atoms with Crippen molar-refractivity contribution in [3.05, 3.63) is 22.7 Å². The highest BCUT2D eigenvalue weighted by Gasteiger charge is 2.45. The first-order valence-electron chi connectivity index (χ1n) is 18.2. The van der Waals surface area contributed by atoms with E-state index in [2.05, 4.69) is 30.7 Å². The summed E-state index contributed by atoms with van der Waals surface area (Å²) in [5, 5.41) is 21.0. The van der Waals surface area contributed by atoms with Crippen molar-refractivity contribution < 1.29 is 33.5 Å². The van der Waals surface area contributed by atoms with E-state index in [9.17, 15) is 24.5 Å². The van der Waals surface area contributed by atoms with E-state index in [1.165, 1.54) is 89.3 Å². The summed E-state index contributed by atoms with van der Waals surface area (Å²) in [7, 11) is -4.39. The summed E-state index contributed by atoms with van der Waals surface area (Å²) in [5.41, 5.74) is -0.718. The number of phosphoric acid groups is 1. The molecule has 1 saturated heterocycles. The Kier molecular flexibility index (Phi) is 21.6. The topological polar surface area (TPSA) is 156 Å². The van der Waals surface area contributed by atoms with E-state index < -0.39 is 44.7 Å². The number of aliphatic hydroxyl groups excluding tert-OH is 2. The Labute approximate surface area is 282 Å². The second kappa shape index (κ2) is 24.5. The van der Waals surface area contributed by atoms with Gasteiger partial charge in [-0.1, -0.05) is 117 Å². The summed E-state index contributed by atoms with van der Waals surface area (Å²) < 4.78 is 29.2. The van der Waals surface area contributed by atoms with E-state index >= 15 is 0 Å². The van der Waals surface area contributed by atoms with Crippen LogP contribution >= 0.6 is 7.82 Å². The summed E-state index contributed by atoms with van der Waals surface area (Å²) in [6, 6.07) is 1.51. The predicted molar refractivity (Wildman–Crippen MR) is 186 cm³/mol. The average molecular weight is 687 g/mol. The van der Waals surface area contributed by atoms with E-state index in [0.29, 0.717) is 6.42 Å². The van der Waals surface area contributed by atoms with Gasteiger partial charge < -0.3 is 24.7 Å². The normalized spacial score (nSPS) is 21.1. The molecule has 1 aromatic rings. The maximum Gasteiger partial charge on any atom is 0.472 e. The van der Waals surface area contributed by atoms with Gasteiger partial charge in [0.25, 0.3) is 0 Å². The van der Waals surface area contributed by atoms with Crippen molar-refractivity contribution in [2.75, 3.05) is 26.3 Å². The second-order valence-electron chi connectivity index (χ2n) is 12.7. The van der Waals surface area contributed by atoms with Crippen LogP contribution in [0.15, 0.2) is 22.1 Å². The number of aliphatic hydroxyl groups is 2. The quantitative estimate of drug-likeness (QED) is 0.0362. The number of aromatic nitrogens is 2. The molecule has 2 rings (SSSR count). The Bertz CT molecular complexity index is 1080. The van der Waals surface area contributed by atoms with E-state index in [1.807, 2.05) is 4.90 Å². The summed E-state index contributed by atoms with van der Waals surface area (Å²) in [5.74, 6) is 0.207. The fourth-order valence-corrected chi connectivity index (χ4v) is 6.51. The van der Waals surface area contributed by atoms with Gasteiger partial charge in [0, 0.05) is 19.3 Å². The number of ether oxygens (including phenoxy) is 1. The fraction of sp³-hybridized carbons (Fsp3) is 0.853. The van der Waals surface area contributed by atoms with E-state index in [4.69, 9.17) is 13.8 Å². The first-order valence-corrected chi connectivity index (χ1v) is 19.7. The van der Waals surface area contributed by atoms with Crippen LogP contribution in [0.5, 0.6) is 0 Å². The van der Waals surface area contributed by atoms with Crippen molar-refractivity contribution in [3.63, 3.8) is 0 Å². The molecule has 1 aliphatic rings. The third-order valence-corrected chi connectivity index (χ3v) is 9.44. The van der Waals surface area contributed by atoms with Crippen molar-refractivity contribution in [3.8, 4) is 0 Å². The third-order valence-electron chi connectivity index (χ3n) is 8.46. The molecule has 47 heavy (non-hydrogen) atoms. The minimum Gasteiger partial charge on any atom is -0.387 e. The van der Waals surface area contributed by atoms with Crippen molar-refractivity contribution in [1.29, 1.82) is 0 Å². The highest BCUT2D eigenvalue weighted by atomic mass is 31.2. The first kappa shape index (κ1) is 41.5. The van der Waals surface area contributed by atoms with Crippen LogP contribution in [-0.2, 0) is 18.3 Å². The molecule has 0 bridgehead atoms. The summed E-state index contributed by atoms with van der Waals surface area (Å²) in [6.07, 6.45) is 19.4. The lowest BCUT2D eigenvalue weighted by atomic mass is 10.0. The predicted octanol–water partition coefficient (Wildman–Crippen LogP) is 7.04. The van der Waals surface area contributed by atoms with Gasteiger partial charge in [0.15, 0.2) is 12.0 Å². The molecule has 3 N–H and O–H groups in total. The number of rotatable bonds is 28. The molecular formula is C34H63N4O8P. The molecule has 1 fully saturated rings. The van der Waals surface area contributed by atoms with Gasteiger partial charge in [-0.15, -0.1) is 0 Å². The zero-order valence-electron chi connectivity index (χ0n) is 29.2. The lowest BCUT2D eigenvalue weighted by Crippen LogP contribution is -2.36. The van der Waals surface area contributed by atoms with Crippen LogP contribution in [0.25, 0.3) is 0 Å². The van der Waals surface area contributed by atoms with Crippen molar-refractivity contribution in [1.82, 2.24) is 14.5 Å². The van der Waals surface area contributed by atoms with Gasteiger partial charge in [0.1, 0.15) is 18.3 Å². The number of hydrogen-bond acceptors (Lipinski definition) is 9. The monoisotopic (exact) mass is 686 g/mol. The number of hydrogen-bond donors (Lipinski definition) is 3. The Morgan fingerprint density at radius 1 is 0.851 bits per heavy atom. The van der Waals surface area contributed by atoms with Crippen LogP contribution in [0.3, 0.4) is 0 Å². The minimum absolute atomic E-state index is 0.0795. The Balaban J connectivity index is 1.61. The molecule has 1 aliphatic heterocycles. The van der Waals surface area contributed by atoms with Gasteiger partial charge in [-0.05, 0) is 25.3 Å². The highest BCUT2D eigenvalue weighted by Crippen LogP contribution is 2.44. The lowest BCUT2D eigenvalue weighted by Gasteiger charge is -2.18. The minimum atomic E-state index is -4.39. The van der Waals surface area contributed by atoms with Gasteiger partial charge in [0.05, 0.1) is 19.6 Å². The molecular weight excluding hydrogens is 623 g/mol. The number of aliphatic imine (C=N–C) groups is 1. The summed E-state index contributed by atoms with van der Waals surface area (Å²) in [4.78, 5) is 33.1. The Morgan fingerprint density at radius 2 is 1.38 bits per heavy atom. The maximum absolute atomic E-state index is 12.7. The lowest BCUT2D eigenvalue weighted by molar-refractivity contribution is -0.0551. The Hall–Kier alpha value is -1.66. The largest absolute Gasteiger partial charge is 0.472 e. The standard InChI is InChI=1S/C34H63N4O8P/c1-4-7-8-9-10-11-12-13-14-15-16-17-18-19-20-21-26-44-47(42,43)45-27-29-31(39)32(40)33(46-29)38-25-22-30(36-34(38)41)35-28-37(23-5-2)24-6-3/h22,25,28-29,31-33,39-40H,4-21,23-24,26-27H2,1-3H3,(H,42,43)/t29-,31-,32+,33-/m1/s1. The van der Waals surface area contributed by atoms with Crippen LogP contribution < -0.4 is 5.69 Å². The smallest absolute Gasteiger partial charge is 0.387 e. The maximum atomic E-state index is 12.7. The molecule has 5 atom stereocenters. The van der Waals surface area contributed by atoms with Gasteiger partial charge >= 0.3 is 13.5 Å². The molecule has 0 amide bonds. The molecule has 0 saturated carbocycles. The van der Waals surface area contributed by atoms with Crippen molar-refractivity contribution >= 4 is 20.0 Å². The number of phosphoric ester groups is 1. The third kappa shape index (κ3) is 17.0. The molecule has 1 unspecified atom stereocenters. The zero-order chi connectivity index (χ0) is 34.3. The van der Waals surface area contributed by atoms with Crippen LogP contribution in [0, 0.1) is 0 Å².